The molecule has 3 saturated carbocycles. The van der Waals surface area contributed by atoms with Crippen molar-refractivity contribution in [3.05, 3.63) is 0 Å². The molecule has 0 radical (unpaired) electrons. The lowest BCUT2D eigenvalue weighted by atomic mass is 9.92. The van der Waals surface area contributed by atoms with Gasteiger partial charge in [0.1, 0.15) is 0 Å². The van der Waals surface area contributed by atoms with Crippen LogP contribution in [0.3, 0.4) is 0 Å². The van der Waals surface area contributed by atoms with Gasteiger partial charge >= 0.3 is 0 Å². The second kappa shape index (κ2) is 4.60. The van der Waals surface area contributed by atoms with Gasteiger partial charge in [0.05, 0.1) is 0 Å². The summed E-state index contributed by atoms with van der Waals surface area (Å²) in [7, 11) is 0. The number of amides is 1. The molecule has 0 aliphatic heterocycles. The molecule has 3 aliphatic rings. The molecule has 1 amide bonds. The average Bonchev–Trinajstić information content (AvgIpc) is 3.04. The number of nitrogens with one attached hydrogen (secondary N) is 1. The smallest absolute Gasteiger partial charge is 0.223 e. The van der Waals surface area contributed by atoms with Crippen molar-refractivity contribution < 1.29 is 4.79 Å². The molecule has 17 heavy (non-hydrogen) atoms. The van der Waals surface area contributed by atoms with E-state index in [9.17, 15) is 4.79 Å². The highest BCUT2D eigenvalue weighted by Gasteiger charge is 2.41. The summed E-state index contributed by atoms with van der Waals surface area (Å²) in [6.07, 6.45) is 8.69. The van der Waals surface area contributed by atoms with Crippen LogP contribution >= 0.6 is 0 Å². The molecular weight excluding hydrogens is 212 g/mol. The SMILES string of the molecule is NCC1CCCC1C(=O)NC1CC2CCC1C2. The quantitative estimate of drug-likeness (QED) is 0.783. The highest BCUT2D eigenvalue weighted by molar-refractivity contribution is 5.79. The van der Waals surface area contributed by atoms with Crippen LogP contribution in [-0.2, 0) is 4.79 Å². The molecule has 0 aromatic heterocycles. The number of hydrogen-bond acceptors (Lipinski definition) is 2. The summed E-state index contributed by atoms with van der Waals surface area (Å²) in [6.45, 7) is 0.675. The zero-order valence-corrected chi connectivity index (χ0v) is 10.5. The molecule has 3 N–H and O–H groups in total. The minimum Gasteiger partial charge on any atom is -0.353 e. The van der Waals surface area contributed by atoms with Crippen molar-refractivity contribution >= 4 is 5.91 Å². The number of rotatable bonds is 3. The van der Waals surface area contributed by atoms with Gasteiger partial charge < -0.3 is 11.1 Å². The van der Waals surface area contributed by atoms with Gasteiger partial charge in [-0.05, 0) is 56.4 Å². The zero-order chi connectivity index (χ0) is 11.8. The molecule has 2 bridgehead atoms. The molecule has 0 aromatic carbocycles. The van der Waals surface area contributed by atoms with Crippen LogP contribution in [0.1, 0.15) is 44.9 Å². The van der Waals surface area contributed by atoms with Gasteiger partial charge in [-0.1, -0.05) is 12.8 Å². The minimum absolute atomic E-state index is 0.208. The number of nitrogens with two attached hydrogens (primary N) is 1. The van der Waals surface area contributed by atoms with Crippen LogP contribution in [0.4, 0.5) is 0 Å². The summed E-state index contributed by atoms with van der Waals surface area (Å²) >= 11 is 0. The third-order valence-electron chi connectivity index (χ3n) is 5.36. The Balaban J connectivity index is 1.56. The van der Waals surface area contributed by atoms with Gasteiger partial charge in [-0.2, -0.15) is 0 Å². The van der Waals surface area contributed by atoms with E-state index >= 15 is 0 Å². The van der Waals surface area contributed by atoms with E-state index in [2.05, 4.69) is 5.32 Å². The van der Waals surface area contributed by atoms with Gasteiger partial charge in [-0.25, -0.2) is 0 Å². The summed E-state index contributed by atoms with van der Waals surface area (Å²) in [6, 6.07) is 0.486. The second-order valence-corrected chi connectivity index (χ2v) is 6.32. The van der Waals surface area contributed by atoms with Crippen molar-refractivity contribution in [2.75, 3.05) is 6.54 Å². The first kappa shape index (κ1) is 11.5. The van der Waals surface area contributed by atoms with Crippen molar-refractivity contribution in [2.45, 2.75) is 51.0 Å². The van der Waals surface area contributed by atoms with Gasteiger partial charge in [-0.15, -0.1) is 0 Å². The molecule has 3 nitrogen and oxygen atoms in total. The molecule has 0 heterocycles. The molecular formula is C14H24N2O. The summed E-state index contributed by atoms with van der Waals surface area (Å²) in [5.74, 6) is 2.63. The topological polar surface area (TPSA) is 55.1 Å². The van der Waals surface area contributed by atoms with Crippen LogP contribution in [0.2, 0.25) is 0 Å². The van der Waals surface area contributed by atoms with Crippen LogP contribution in [0.15, 0.2) is 0 Å². The molecule has 0 spiro atoms. The maximum Gasteiger partial charge on any atom is 0.223 e. The molecule has 5 unspecified atom stereocenters. The predicted octanol–water partition coefficient (Wildman–Crippen LogP) is 1.67. The number of carbonyl (C=O) groups excluding carboxylic acids is 1. The van der Waals surface area contributed by atoms with E-state index in [1.807, 2.05) is 0 Å². The van der Waals surface area contributed by atoms with E-state index in [0.717, 1.165) is 24.7 Å². The van der Waals surface area contributed by atoms with Crippen molar-refractivity contribution in [2.24, 2.45) is 29.4 Å². The molecule has 0 saturated heterocycles. The first-order valence-corrected chi connectivity index (χ1v) is 7.28. The summed E-state index contributed by atoms with van der Waals surface area (Å²) in [5, 5.41) is 3.32. The molecule has 96 valence electrons. The molecule has 3 aliphatic carbocycles. The Morgan fingerprint density at radius 1 is 1.18 bits per heavy atom. The summed E-state index contributed by atoms with van der Waals surface area (Å²) < 4.78 is 0. The van der Waals surface area contributed by atoms with E-state index in [1.54, 1.807) is 0 Å². The lowest BCUT2D eigenvalue weighted by molar-refractivity contribution is -0.127. The third kappa shape index (κ3) is 2.10. The first-order valence-electron chi connectivity index (χ1n) is 7.28. The van der Waals surface area contributed by atoms with Crippen LogP contribution in [0, 0.1) is 23.7 Å². The summed E-state index contributed by atoms with van der Waals surface area (Å²) in [4.78, 5) is 12.3. The largest absolute Gasteiger partial charge is 0.353 e. The maximum atomic E-state index is 12.3. The predicted molar refractivity (Wildman–Crippen MR) is 67.3 cm³/mol. The fraction of sp³-hybridized carbons (Fsp3) is 0.929. The molecule has 3 heteroatoms. The summed E-state index contributed by atoms with van der Waals surface area (Å²) in [5.41, 5.74) is 5.75. The molecule has 5 atom stereocenters. The van der Waals surface area contributed by atoms with Gasteiger partial charge in [0, 0.05) is 12.0 Å². The van der Waals surface area contributed by atoms with E-state index in [-0.39, 0.29) is 5.92 Å². The highest BCUT2D eigenvalue weighted by atomic mass is 16.2. The molecule has 0 aromatic rings. The minimum atomic E-state index is 0.208. The molecule has 3 fully saturated rings. The Labute approximate surface area is 104 Å². The van der Waals surface area contributed by atoms with Crippen molar-refractivity contribution in [3.8, 4) is 0 Å². The Morgan fingerprint density at radius 3 is 2.71 bits per heavy atom. The normalized spacial score (nSPS) is 44.2. The monoisotopic (exact) mass is 236 g/mol. The van der Waals surface area contributed by atoms with Crippen molar-refractivity contribution in [1.82, 2.24) is 5.32 Å². The van der Waals surface area contributed by atoms with E-state index < -0.39 is 0 Å². The number of fused-ring (bicyclic) bond motifs is 2. The third-order valence-corrected chi connectivity index (χ3v) is 5.36. The van der Waals surface area contributed by atoms with Gasteiger partial charge in [0.15, 0.2) is 0 Å². The van der Waals surface area contributed by atoms with Gasteiger partial charge in [0.25, 0.3) is 0 Å². The first-order chi connectivity index (χ1) is 8.28. The van der Waals surface area contributed by atoms with Crippen molar-refractivity contribution in [1.29, 1.82) is 0 Å². The fourth-order valence-electron chi connectivity index (χ4n) is 4.38. The maximum absolute atomic E-state index is 12.3. The Morgan fingerprint density at radius 2 is 2.06 bits per heavy atom. The van der Waals surface area contributed by atoms with Crippen LogP contribution in [-0.4, -0.2) is 18.5 Å². The number of hydrogen-bond donors (Lipinski definition) is 2. The highest BCUT2D eigenvalue weighted by Crippen LogP contribution is 2.44. The van der Waals surface area contributed by atoms with Crippen molar-refractivity contribution in [3.63, 3.8) is 0 Å². The van der Waals surface area contributed by atoms with E-state index in [1.165, 1.54) is 32.1 Å². The average molecular weight is 236 g/mol. The standard InChI is InChI=1S/C14H24N2O/c15-8-11-2-1-3-12(11)14(17)16-13-7-9-4-5-10(13)6-9/h9-13H,1-8,15H2,(H,16,17). The van der Waals surface area contributed by atoms with Crippen LogP contribution < -0.4 is 11.1 Å². The zero-order valence-electron chi connectivity index (χ0n) is 10.5. The van der Waals surface area contributed by atoms with E-state index in [0.29, 0.717) is 24.4 Å². The Hall–Kier alpha value is -0.570. The Bertz CT molecular complexity index is 305. The fourth-order valence-corrected chi connectivity index (χ4v) is 4.38. The lowest BCUT2D eigenvalue weighted by Gasteiger charge is -2.26. The van der Waals surface area contributed by atoms with Gasteiger partial charge in [-0.3, -0.25) is 4.79 Å². The van der Waals surface area contributed by atoms with Crippen LogP contribution in [0.25, 0.3) is 0 Å². The molecule has 3 rings (SSSR count). The van der Waals surface area contributed by atoms with Gasteiger partial charge in [0.2, 0.25) is 5.91 Å². The lowest BCUT2D eigenvalue weighted by Crippen LogP contribution is -2.43. The van der Waals surface area contributed by atoms with Crippen LogP contribution in [0.5, 0.6) is 0 Å². The second-order valence-electron chi connectivity index (χ2n) is 6.32. The van der Waals surface area contributed by atoms with E-state index in [4.69, 9.17) is 5.73 Å². The number of carbonyl (C=O) groups is 1. The Kier molecular flexibility index (Phi) is 3.12.